The van der Waals surface area contributed by atoms with Crippen LogP contribution in [0.1, 0.15) is 63.8 Å². The molecule has 0 saturated carbocycles. The summed E-state index contributed by atoms with van der Waals surface area (Å²) in [7, 11) is 0. The molecule has 2 aromatic rings. The Bertz CT molecular complexity index is 831. The van der Waals surface area contributed by atoms with E-state index in [4.69, 9.17) is 0 Å². The molecule has 4 rings (SSSR count). The summed E-state index contributed by atoms with van der Waals surface area (Å²) in [4.78, 5) is 33.2. The third-order valence-corrected chi connectivity index (χ3v) is 6.56. The van der Waals surface area contributed by atoms with Crippen molar-refractivity contribution in [2.45, 2.75) is 51.5 Å². The zero-order valence-corrected chi connectivity index (χ0v) is 15.8. The van der Waals surface area contributed by atoms with E-state index in [1.165, 1.54) is 4.88 Å². The van der Waals surface area contributed by atoms with Gasteiger partial charge >= 0.3 is 0 Å². The molecule has 0 unspecified atom stereocenters. The van der Waals surface area contributed by atoms with Crippen molar-refractivity contribution in [2.75, 3.05) is 11.9 Å². The van der Waals surface area contributed by atoms with Gasteiger partial charge in [0.1, 0.15) is 5.00 Å². The van der Waals surface area contributed by atoms with Crippen molar-refractivity contribution >= 4 is 28.2 Å². The van der Waals surface area contributed by atoms with E-state index in [0.29, 0.717) is 10.6 Å². The lowest BCUT2D eigenvalue weighted by Gasteiger charge is -2.23. The number of nitrogens with one attached hydrogen (secondary N) is 1. The Morgan fingerprint density at radius 1 is 1.27 bits per heavy atom. The van der Waals surface area contributed by atoms with Crippen molar-refractivity contribution in [3.63, 3.8) is 0 Å². The molecule has 26 heavy (non-hydrogen) atoms. The highest BCUT2D eigenvalue weighted by Gasteiger charge is 2.33. The van der Waals surface area contributed by atoms with E-state index in [2.05, 4.69) is 17.2 Å². The second-order valence-corrected chi connectivity index (χ2v) is 8.21. The van der Waals surface area contributed by atoms with Gasteiger partial charge in [-0.2, -0.15) is 0 Å². The van der Waals surface area contributed by atoms with Crippen LogP contribution in [0.3, 0.4) is 0 Å². The minimum Gasteiger partial charge on any atom is -0.336 e. The average molecular weight is 369 g/mol. The van der Waals surface area contributed by atoms with E-state index in [1.807, 2.05) is 4.90 Å². The zero-order chi connectivity index (χ0) is 18.1. The lowest BCUT2D eigenvalue weighted by molar-refractivity contribution is 0.0747. The monoisotopic (exact) mass is 369 g/mol. The van der Waals surface area contributed by atoms with E-state index in [9.17, 15) is 9.59 Å². The molecule has 3 heterocycles. The van der Waals surface area contributed by atoms with Gasteiger partial charge in [0.05, 0.1) is 11.1 Å². The number of pyridine rings is 1. The first-order chi connectivity index (χ1) is 12.6. The molecule has 1 aliphatic heterocycles. The van der Waals surface area contributed by atoms with E-state index >= 15 is 0 Å². The second kappa shape index (κ2) is 7.19. The summed E-state index contributed by atoms with van der Waals surface area (Å²) in [5, 5.41) is 3.70. The van der Waals surface area contributed by atoms with Crippen molar-refractivity contribution < 1.29 is 9.59 Å². The first-order valence-corrected chi connectivity index (χ1v) is 10.1. The molecule has 1 aliphatic carbocycles. The van der Waals surface area contributed by atoms with Gasteiger partial charge in [0.25, 0.3) is 11.8 Å². The van der Waals surface area contributed by atoms with Crippen molar-refractivity contribution in [1.82, 2.24) is 9.88 Å². The maximum atomic E-state index is 13.3. The van der Waals surface area contributed by atoms with Crippen LogP contribution in [-0.4, -0.2) is 34.3 Å². The molecule has 0 radical (unpaired) electrons. The molecule has 6 heteroatoms. The van der Waals surface area contributed by atoms with Gasteiger partial charge in [-0.3, -0.25) is 14.6 Å². The van der Waals surface area contributed by atoms with Crippen LogP contribution in [0.2, 0.25) is 0 Å². The van der Waals surface area contributed by atoms with Crippen molar-refractivity contribution in [2.24, 2.45) is 0 Å². The summed E-state index contributed by atoms with van der Waals surface area (Å²) >= 11 is 1.57. The van der Waals surface area contributed by atoms with Crippen LogP contribution in [0.15, 0.2) is 24.5 Å². The summed E-state index contributed by atoms with van der Waals surface area (Å²) in [6, 6.07) is 3.75. The van der Waals surface area contributed by atoms with Crippen LogP contribution < -0.4 is 5.32 Å². The highest BCUT2D eigenvalue weighted by molar-refractivity contribution is 7.17. The minimum atomic E-state index is -0.208. The van der Waals surface area contributed by atoms with E-state index < -0.39 is 0 Å². The van der Waals surface area contributed by atoms with Gasteiger partial charge in [-0.25, -0.2) is 0 Å². The Balaban J connectivity index is 1.69. The average Bonchev–Trinajstić information content (AvgIpc) is 3.25. The number of nitrogens with zero attached hydrogens (tertiary/aromatic N) is 2. The lowest BCUT2D eigenvalue weighted by Crippen LogP contribution is -2.34. The third-order valence-electron chi connectivity index (χ3n) is 5.35. The number of aromatic nitrogens is 1. The molecule has 2 aromatic heterocycles. The van der Waals surface area contributed by atoms with E-state index in [1.54, 1.807) is 35.9 Å². The zero-order valence-electron chi connectivity index (χ0n) is 15.0. The normalized spacial score (nSPS) is 19.3. The maximum absolute atomic E-state index is 13.3. The van der Waals surface area contributed by atoms with Crippen molar-refractivity contribution in [3.05, 3.63) is 46.1 Å². The number of fused-ring (bicyclic) bond motifs is 1. The molecule has 2 amide bonds. The number of hydrogen-bond donors (Lipinski definition) is 1. The maximum Gasteiger partial charge on any atom is 0.257 e. The predicted octanol–water partition coefficient (Wildman–Crippen LogP) is 3.90. The van der Waals surface area contributed by atoms with Crippen LogP contribution in [-0.2, 0) is 12.8 Å². The number of anilines is 1. The number of likely N-dealkylation sites (tertiary alicyclic amines) is 1. The topological polar surface area (TPSA) is 62.3 Å². The quantitative estimate of drug-likeness (QED) is 0.892. The van der Waals surface area contributed by atoms with Crippen molar-refractivity contribution in [1.29, 1.82) is 0 Å². The fourth-order valence-electron chi connectivity index (χ4n) is 3.93. The van der Waals surface area contributed by atoms with Crippen LogP contribution in [0.25, 0.3) is 0 Å². The second-order valence-electron chi connectivity index (χ2n) is 7.10. The molecule has 1 saturated heterocycles. The molecule has 1 fully saturated rings. The van der Waals surface area contributed by atoms with E-state index in [-0.39, 0.29) is 17.9 Å². The number of thiophene rings is 1. The van der Waals surface area contributed by atoms with Gasteiger partial charge in [0.2, 0.25) is 0 Å². The molecule has 0 bridgehead atoms. The molecular weight excluding hydrogens is 346 g/mol. The fraction of sp³-hybridized carbons (Fsp3) is 0.450. The van der Waals surface area contributed by atoms with Crippen molar-refractivity contribution in [3.8, 4) is 0 Å². The number of amides is 2. The van der Waals surface area contributed by atoms with Gasteiger partial charge in [-0.15, -0.1) is 11.3 Å². The Hall–Kier alpha value is -2.21. The minimum absolute atomic E-state index is 0.0795. The van der Waals surface area contributed by atoms with Gasteiger partial charge in [-0.05, 0) is 63.1 Å². The molecule has 2 aliphatic rings. The lowest BCUT2D eigenvalue weighted by atomic mass is 9.95. The third kappa shape index (κ3) is 3.14. The molecule has 0 spiro atoms. The number of hydrogen-bond acceptors (Lipinski definition) is 4. The van der Waals surface area contributed by atoms with Crippen LogP contribution in [0, 0.1) is 0 Å². The smallest absolute Gasteiger partial charge is 0.257 e. The summed E-state index contributed by atoms with van der Waals surface area (Å²) in [6.45, 7) is 2.91. The van der Waals surface area contributed by atoms with Gasteiger partial charge in [0.15, 0.2) is 0 Å². The highest BCUT2D eigenvalue weighted by atomic mass is 32.1. The Morgan fingerprint density at radius 2 is 2.12 bits per heavy atom. The Kier molecular flexibility index (Phi) is 4.76. The largest absolute Gasteiger partial charge is 0.336 e. The first-order valence-electron chi connectivity index (χ1n) is 9.32. The molecule has 1 atom stereocenters. The van der Waals surface area contributed by atoms with Crippen LogP contribution >= 0.6 is 11.3 Å². The number of rotatable bonds is 3. The SMILES string of the molecule is C[C@H]1CCCN1C(=O)c1c(NC(=O)c2cccnc2)sc2c1CCCC2. The standard InChI is InChI=1S/C20H23N3O2S/c1-13-6-5-11-23(13)20(25)17-15-8-2-3-9-16(15)26-19(17)22-18(24)14-7-4-10-21-12-14/h4,7,10,12-13H,2-3,5-6,8-9,11H2,1H3,(H,22,24)/t13-/m0/s1. The molecule has 136 valence electrons. The number of carbonyl (C=O) groups excluding carboxylic acids is 2. The summed E-state index contributed by atoms with van der Waals surface area (Å²) in [6.07, 6.45) is 9.48. The first kappa shape index (κ1) is 17.2. The molecule has 5 nitrogen and oxygen atoms in total. The molecule has 0 aromatic carbocycles. The Morgan fingerprint density at radius 3 is 2.85 bits per heavy atom. The number of aryl methyl sites for hydroxylation is 1. The highest BCUT2D eigenvalue weighted by Crippen LogP contribution is 2.39. The van der Waals surface area contributed by atoms with Gasteiger partial charge < -0.3 is 10.2 Å². The predicted molar refractivity (Wildman–Crippen MR) is 103 cm³/mol. The fourth-order valence-corrected chi connectivity index (χ4v) is 5.21. The van der Waals surface area contributed by atoms with Gasteiger partial charge in [-0.1, -0.05) is 0 Å². The number of carbonyl (C=O) groups is 2. The van der Waals surface area contributed by atoms with Crippen LogP contribution in [0.4, 0.5) is 5.00 Å². The summed E-state index contributed by atoms with van der Waals surface area (Å²) in [5.41, 5.74) is 2.40. The molecular formula is C20H23N3O2S. The Labute approximate surface area is 157 Å². The van der Waals surface area contributed by atoms with Crippen LogP contribution in [0.5, 0.6) is 0 Å². The summed E-state index contributed by atoms with van der Waals surface area (Å²) in [5.74, 6) is -0.129. The molecule has 1 N–H and O–H groups in total. The van der Waals surface area contributed by atoms with E-state index in [0.717, 1.165) is 56.2 Å². The summed E-state index contributed by atoms with van der Waals surface area (Å²) < 4.78 is 0. The van der Waals surface area contributed by atoms with Gasteiger partial charge in [0, 0.05) is 29.9 Å².